The van der Waals surface area contributed by atoms with E-state index in [2.05, 4.69) is 20.3 Å². The van der Waals surface area contributed by atoms with E-state index in [0.717, 1.165) is 27.4 Å². The second-order valence-electron chi connectivity index (χ2n) is 5.01. The first-order valence-electron chi connectivity index (χ1n) is 7.21. The Balaban J connectivity index is 2.05. The molecule has 0 aromatic carbocycles. The number of rotatable bonds is 5. The summed E-state index contributed by atoms with van der Waals surface area (Å²) in [6, 6.07) is 0. The molecule has 2 aromatic heterocycles. The molecule has 10 heteroatoms. The van der Waals surface area contributed by atoms with Gasteiger partial charge in [-0.2, -0.15) is 13.2 Å². The Labute approximate surface area is 146 Å². The molecule has 0 unspecified atom stereocenters. The molecular formula is C14H18F3N5S2. The average molecular weight is 377 g/mol. The Morgan fingerprint density at radius 3 is 2.58 bits per heavy atom. The predicted molar refractivity (Wildman–Crippen MR) is 90.2 cm³/mol. The lowest BCUT2D eigenvalue weighted by atomic mass is 10.4. The van der Waals surface area contributed by atoms with Crippen LogP contribution in [0.2, 0.25) is 0 Å². The quantitative estimate of drug-likeness (QED) is 0.640. The fourth-order valence-electron chi connectivity index (χ4n) is 1.92. The fraction of sp³-hybridized carbons (Fsp3) is 0.500. The van der Waals surface area contributed by atoms with E-state index in [0.29, 0.717) is 24.1 Å². The van der Waals surface area contributed by atoms with Crippen LogP contribution in [0, 0.1) is 6.92 Å². The number of hydrogen-bond donors (Lipinski definition) is 1. The minimum atomic E-state index is -4.41. The van der Waals surface area contributed by atoms with Crippen molar-refractivity contribution in [2.45, 2.75) is 33.1 Å². The van der Waals surface area contributed by atoms with Gasteiger partial charge in [0.05, 0.1) is 23.8 Å². The Bertz CT molecular complexity index is 693. The molecule has 0 aliphatic carbocycles. The number of halogens is 3. The zero-order valence-corrected chi connectivity index (χ0v) is 15.1. The van der Waals surface area contributed by atoms with Crippen LogP contribution in [-0.4, -0.2) is 34.4 Å². The highest BCUT2D eigenvalue weighted by Crippen LogP contribution is 2.30. The van der Waals surface area contributed by atoms with Crippen LogP contribution in [-0.2, 0) is 19.3 Å². The van der Waals surface area contributed by atoms with E-state index in [4.69, 9.17) is 0 Å². The number of nitrogens with zero attached hydrogens (tertiary/aromatic N) is 4. The normalized spacial score (nSPS) is 12.5. The van der Waals surface area contributed by atoms with Gasteiger partial charge < -0.3 is 10.2 Å². The molecule has 0 fully saturated rings. The molecule has 2 heterocycles. The van der Waals surface area contributed by atoms with Crippen molar-refractivity contribution < 1.29 is 13.2 Å². The van der Waals surface area contributed by atoms with E-state index in [1.807, 2.05) is 31.2 Å². The van der Waals surface area contributed by atoms with Gasteiger partial charge in [0.25, 0.3) is 0 Å². The lowest BCUT2D eigenvalue weighted by Crippen LogP contribution is -2.38. The molecule has 2 aromatic rings. The number of aliphatic imine (C=N–C) groups is 1. The van der Waals surface area contributed by atoms with Crippen molar-refractivity contribution >= 4 is 28.6 Å². The summed E-state index contributed by atoms with van der Waals surface area (Å²) < 4.78 is 37.7. The van der Waals surface area contributed by atoms with Crippen LogP contribution in [0.15, 0.2) is 15.8 Å². The molecule has 0 bridgehead atoms. The lowest BCUT2D eigenvalue weighted by Gasteiger charge is -2.21. The van der Waals surface area contributed by atoms with Gasteiger partial charge in [0.1, 0.15) is 5.01 Å². The Hall–Kier alpha value is -1.68. The van der Waals surface area contributed by atoms with Crippen molar-refractivity contribution in [3.8, 4) is 0 Å². The third-order valence-corrected chi connectivity index (χ3v) is 4.62. The molecule has 24 heavy (non-hydrogen) atoms. The van der Waals surface area contributed by atoms with Crippen LogP contribution in [0.4, 0.5) is 13.2 Å². The van der Waals surface area contributed by atoms with Gasteiger partial charge >= 0.3 is 6.18 Å². The number of hydrogen-bond acceptors (Lipinski definition) is 5. The van der Waals surface area contributed by atoms with Gasteiger partial charge in [0.15, 0.2) is 11.7 Å². The summed E-state index contributed by atoms with van der Waals surface area (Å²) in [5, 5.41) is 7.43. The van der Waals surface area contributed by atoms with E-state index in [1.54, 1.807) is 11.3 Å². The predicted octanol–water partition coefficient (Wildman–Crippen LogP) is 3.52. The van der Waals surface area contributed by atoms with Gasteiger partial charge in [0.2, 0.25) is 0 Å². The summed E-state index contributed by atoms with van der Waals surface area (Å²) >= 11 is 2.53. The molecule has 132 valence electrons. The maximum absolute atomic E-state index is 12.6. The van der Waals surface area contributed by atoms with Gasteiger partial charge in [-0.3, -0.25) is 0 Å². The number of aryl methyl sites for hydroxylation is 1. The first-order valence-corrected chi connectivity index (χ1v) is 8.97. The standard InChI is InChI=1S/C14H18F3N5S2/c1-4-18-13(22(3)6-10-7-23-9(2)20-10)19-5-12-21-11(8-24-12)14(15,16)17/h7-8H,4-6H2,1-3H3,(H,18,19). The number of guanidine groups is 1. The van der Waals surface area contributed by atoms with Crippen LogP contribution in [0.25, 0.3) is 0 Å². The summed E-state index contributed by atoms with van der Waals surface area (Å²) in [5.74, 6) is 0.604. The fourth-order valence-corrected chi connectivity index (χ4v) is 3.25. The molecule has 0 saturated heterocycles. The first-order chi connectivity index (χ1) is 11.3. The van der Waals surface area contributed by atoms with Crippen molar-refractivity contribution in [2.75, 3.05) is 13.6 Å². The van der Waals surface area contributed by atoms with E-state index < -0.39 is 11.9 Å². The van der Waals surface area contributed by atoms with Crippen LogP contribution in [0.1, 0.15) is 28.3 Å². The van der Waals surface area contributed by atoms with Crippen LogP contribution in [0.5, 0.6) is 0 Å². The van der Waals surface area contributed by atoms with Crippen molar-refractivity contribution in [1.29, 1.82) is 0 Å². The average Bonchev–Trinajstić information content (AvgIpc) is 3.12. The Kier molecular flexibility index (Phi) is 6.16. The van der Waals surface area contributed by atoms with Crippen LogP contribution < -0.4 is 5.32 Å². The van der Waals surface area contributed by atoms with E-state index in [9.17, 15) is 13.2 Å². The maximum Gasteiger partial charge on any atom is 0.434 e. The molecule has 1 N–H and O–H groups in total. The summed E-state index contributed by atoms with van der Waals surface area (Å²) in [6.45, 7) is 5.20. The molecule has 2 rings (SSSR count). The van der Waals surface area contributed by atoms with Gasteiger partial charge in [-0.15, -0.1) is 22.7 Å². The van der Waals surface area contributed by atoms with E-state index >= 15 is 0 Å². The largest absolute Gasteiger partial charge is 0.434 e. The highest BCUT2D eigenvalue weighted by atomic mass is 32.1. The van der Waals surface area contributed by atoms with E-state index in [-0.39, 0.29) is 6.54 Å². The highest BCUT2D eigenvalue weighted by molar-refractivity contribution is 7.09. The molecule has 0 atom stereocenters. The third kappa shape index (κ3) is 5.17. The lowest BCUT2D eigenvalue weighted by molar-refractivity contribution is -0.140. The maximum atomic E-state index is 12.6. The summed E-state index contributed by atoms with van der Waals surface area (Å²) in [6.07, 6.45) is -4.41. The first kappa shape index (κ1) is 18.7. The minimum absolute atomic E-state index is 0.101. The van der Waals surface area contributed by atoms with Gasteiger partial charge in [-0.25, -0.2) is 15.0 Å². The Morgan fingerprint density at radius 1 is 1.29 bits per heavy atom. The number of thiazole rings is 2. The zero-order chi connectivity index (χ0) is 17.7. The summed E-state index contributed by atoms with van der Waals surface area (Å²) in [7, 11) is 1.86. The number of alkyl halides is 3. The molecule has 0 saturated carbocycles. The molecular weight excluding hydrogens is 359 g/mol. The molecule has 5 nitrogen and oxygen atoms in total. The smallest absolute Gasteiger partial charge is 0.357 e. The molecule has 0 aliphatic rings. The second kappa shape index (κ2) is 7.93. The zero-order valence-electron chi connectivity index (χ0n) is 13.5. The molecule has 0 amide bonds. The van der Waals surface area contributed by atoms with Crippen LogP contribution in [0.3, 0.4) is 0 Å². The second-order valence-corrected chi connectivity index (χ2v) is 7.01. The third-order valence-electron chi connectivity index (χ3n) is 2.97. The summed E-state index contributed by atoms with van der Waals surface area (Å²) in [4.78, 5) is 14.2. The molecule has 0 aliphatic heterocycles. The monoisotopic (exact) mass is 377 g/mol. The molecule has 0 radical (unpaired) electrons. The van der Waals surface area contributed by atoms with Crippen molar-refractivity contribution in [3.63, 3.8) is 0 Å². The van der Waals surface area contributed by atoms with Crippen molar-refractivity contribution in [3.05, 3.63) is 32.2 Å². The number of aromatic nitrogens is 2. The molecule has 0 spiro atoms. The highest BCUT2D eigenvalue weighted by Gasteiger charge is 2.33. The topological polar surface area (TPSA) is 53.4 Å². The van der Waals surface area contributed by atoms with Gasteiger partial charge in [-0.05, 0) is 13.8 Å². The van der Waals surface area contributed by atoms with Crippen molar-refractivity contribution in [2.24, 2.45) is 4.99 Å². The Morgan fingerprint density at radius 2 is 2.04 bits per heavy atom. The van der Waals surface area contributed by atoms with E-state index in [1.165, 1.54) is 0 Å². The minimum Gasteiger partial charge on any atom is -0.357 e. The van der Waals surface area contributed by atoms with Crippen molar-refractivity contribution in [1.82, 2.24) is 20.2 Å². The SMILES string of the molecule is CCNC(=NCc1nc(C(F)(F)F)cs1)N(C)Cc1csc(C)n1. The summed E-state index contributed by atoms with van der Waals surface area (Å²) in [5.41, 5.74) is 0.0632. The number of nitrogens with one attached hydrogen (secondary N) is 1. The van der Waals surface area contributed by atoms with Gasteiger partial charge in [0, 0.05) is 24.4 Å². The van der Waals surface area contributed by atoms with Gasteiger partial charge in [-0.1, -0.05) is 0 Å². The van der Waals surface area contributed by atoms with Crippen LogP contribution >= 0.6 is 22.7 Å².